The van der Waals surface area contributed by atoms with E-state index in [0.29, 0.717) is 24.5 Å². The smallest absolute Gasteiger partial charge is 0.230 e. The number of rotatable bonds is 7. The number of hydrogen-bond donors (Lipinski definition) is 1. The molecule has 1 amide bonds. The summed E-state index contributed by atoms with van der Waals surface area (Å²) < 4.78 is 19.4. The van der Waals surface area contributed by atoms with E-state index in [1.807, 2.05) is 24.8 Å². The first-order valence-corrected chi connectivity index (χ1v) is 10.1. The highest BCUT2D eigenvalue weighted by Crippen LogP contribution is 2.26. The Morgan fingerprint density at radius 2 is 2.24 bits per heavy atom. The first-order chi connectivity index (χ1) is 13.9. The molecule has 0 fully saturated rings. The molecule has 156 valence electrons. The number of carbonyl (C=O) groups is 1. The first kappa shape index (κ1) is 21.0. The van der Waals surface area contributed by atoms with Crippen molar-refractivity contribution in [1.29, 1.82) is 0 Å². The Morgan fingerprint density at radius 3 is 2.97 bits per heavy atom. The molecule has 2 aromatic rings. The molecule has 29 heavy (non-hydrogen) atoms. The Balaban J connectivity index is 1.75. The van der Waals surface area contributed by atoms with Crippen LogP contribution in [0, 0.1) is 12.7 Å². The van der Waals surface area contributed by atoms with E-state index < -0.39 is 11.7 Å². The normalized spacial score (nSPS) is 16.5. The van der Waals surface area contributed by atoms with Crippen LogP contribution < -0.4 is 10.1 Å². The van der Waals surface area contributed by atoms with E-state index in [1.54, 1.807) is 6.92 Å². The average molecular weight is 400 g/mol. The first-order valence-electron chi connectivity index (χ1n) is 10.1. The second-order valence-electron chi connectivity index (χ2n) is 7.59. The molecule has 1 aliphatic rings. The van der Waals surface area contributed by atoms with E-state index in [4.69, 9.17) is 4.74 Å². The van der Waals surface area contributed by atoms with Gasteiger partial charge in [0.1, 0.15) is 11.6 Å². The summed E-state index contributed by atoms with van der Waals surface area (Å²) in [5.41, 5.74) is 2.48. The summed E-state index contributed by atoms with van der Waals surface area (Å²) in [7, 11) is 1.47. The minimum absolute atomic E-state index is 0.0937. The molecular weight excluding hydrogens is 371 g/mol. The van der Waals surface area contributed by atoms with Gasteiger partial charge in [-0.05, 0) is 44.7 Å². The fourth-order valence-corrected chi connectivity index (χ4v) is 3.76. The molecule has 0 bridgehead atoms. The van der Waals surface area contributed by atoms with Crippen LogP contribution in [0.2, 0.25) is 0 Å². The van der Waals surface area contributed by atoms with Crippen molar-refractivity contribution in [3.05, 3.63) is 47.0 Å². The number of aryl methyl sites for hydroxylation is 2. The van der Waals surface area contributed by atoms with Gasteiger partial charge in [-0.1, -0.05) is 13.0 Å². The topological polar surface area (TPSA) is 67.4 Å². The van der Waals surface area contributed by atoms with Gasteiger partial charge in [-0.2, -0.15) is 0 Å². The summed E-state index contributed by atoms with van der Waals surface area (Å²) in [5.74, 6) is 0.00388. The van der Waals surface area contributed by atoms with Crippen molar-refractivity contribution in [2.75, 3.05) is 25.5 Å². The van der Waals surface area contributed by atoms with E-state index >= 15 is 0 Å². The average Bonchev–Trinajstić information content (AvgIpc) is 2.72. The highest BCUT2D eigenvalue weighted by atomic mass is 19.1. The zero-order chi connectivity index (χ0) is 21.0. The van der Waals surface area contributed by atoms with Crippen molar-refractivity contribution in [2.24, 2.45) is 0 Å². The zero-order valence-corrected chi connectivity index (χ0v) is 17.5. The molecule has 2 aromatic heterocycles. The van der Waals surface area contributed by atoms with Crippen molar-refractivity contribution in [3.8, 4) is 5.88 Å². The Labute approximate surface area is 171 Å². The lowest BCUT2D eigenvalue weighted by atomic mass is 9.97. The van der Waals surface area contributed by atoms with Crippen molar-refractivity contribution >= 4 is 11.7 Å². The summed E-state index contributed by atoms with van der Waals surface area (Å²) in [6, 6.07) is 5.75. The SMILES string of the molecule is CCCN(C[C@H]1CCc2ccc(C)nc2N1)C(=O)[C@H](C)c1cc(OC)ncc1F. The van der Waals surface area contributed by atoms with Gasteiger partial charge in [-0.25, -0.2) is 14.4 Å². The van der Waals surface area contributed by atoms with Crippen molar-refractivity contribution in [1.82, 2.24) is 14.9 Å². The molecule has 0 spiro atoms. The number of amides is 1. The number of carbonyl (C=O) groups excluding carboxylic acids is 1. The molecule has 0 radical (unpaired) electrons. The van der Waals surface area contributed by atoms with Crippen LogP contribution in [0.1, 0.15) is 49.4 Å². The molecule has 3 rings (SSSR count). The minimum Gasteiger partial charge on any atom is -0.481 e. The Bertz CT molecular complexity index is 874. The van der Waals surface area contributed by atoms with E-state index in [2.05, 4.69) is 21.4 Å². The number of fused-ring (bicyclic) bond motifs is 1. The number of nitrogens with one attached hydrogen (secondary N) is 1. The standard InChI is InChI=1S/C22H29FN4O2/c1-5-10-27(13-17-9-8-16-7-6-14(2)25-21(16)26-17)22(28)15(3)18-11-20(29-4)24-12-19(18)23/h6-7,11-12,15,17H,5,8-10,13H2,1-4H3,(H,25,26)/t15-,17-/m1/s1. The molecule has 3 heterocycles. The van der Waals surface area contributed by atoms with Gasteiger partial charge in [-0.15, -0.1) is 0 Å². The number of halogens is 1. The van der Waals surface area contributed by atoms with Gasteiger partial charge in [0.15, 0.2) is 0 Å². The number of methoxy groups -OCH3 is 1. The lowest BCUT2D eigenvalue weighted by Crippen LogP contribution is -2.44. The van der Waals surface area contributed by atoms with Gasteiger partial charge in [0.25, 0.3) is 0 Å². The molecule has 0 aromatic carbocycles. The highest BCUT2D eigenvalue weighted by molar-refractivity contribution is 5.83. The summed E-state index contributed by atoms with van der Waals surface area (Å²) in [6.45, 7) is 6.93. The third kappa shape index (κ3) is 4.83. The van der Waals surface area contributed by atoms with E-state index in [-0.39, 0.29) is 11.9 Å². The molecule has 0 saturated carbocycles. The van der Waals surface area contributed by atoms with Crippen LogP contribution >= 0.6 is 0 Å². The van der Waals surface area contributed by atoms with Gasteiger partial charge in [0, 0.05) is 36.5 Å². The van der Waals surface area contributed by atoms with E-state index in [0.717, 1.165) is 37.0 Å². The molecule has 0 aliphatic carbocycles. The summed E-state index contributed by atoms with van der Waals surface area (Å²) in [4.78, 5) is 23.5. The summed E-state index contributed by atoms with van der Waals surface area (Å²) >= 11 is 0. The second kappa shape index (κ2) is 9.20. The fraction of sp³-hybridized carbons (Fsp3) is 0.500. The fourth-order valence-electron chi connectivity index (χ4n) is 3.76. The Kier molecular flexibility index (Phi) is 6.67. The number of nitrogens with zero attached hydrogens (tertiary/aromatic N) is 3. The lowest BCUT2D eigenvalue weighted by Gasteiger charge is -2.33. The predicted octanol–water partition coefficient (Wildman–Crippen LogP) is 3.70. The maximum atomic E-state index is 14.3. The quantitative estimate of drug-likeness (QED) is 0.768. The van der Waals surface area contributed by atoms with Crippen LogP contribution in [0.4, 0.5) is 10.2 Å². The maximum absolute atomic E-state index is 14.3. The molecule has 7 heteroatoms. The third-order valence-corrected chi connectivity index (χ3v) is 5.37. The van der Waals surface area contributed by atoms with Crippen LogP contribution in [-0.4, -0.2) is 47.0 Å². The van der Waals surface area contributed by atoms with E-state index in [9.17, 15) is 9.18 Å². The molecule has 1 aliphatic heterocycles. The molecule has 2 atom stereocenters. The lowest BCUT2D eigenvalue weighted by molar-refractivity contribution is -0.132. The zero-order valence-electron chi connectivity index (χ0n) is 17.5. The van der Waals surface area contributed by atoms with Crippen LogP contribution in [0.3, 0.4) is 0 Å². The highest BCUT2D eigenvalue weighted by Gasteiger charge is 2.28. The number of anilines is 1. The van der Waals surface area contributed by atoms with Crippen molar-refractivity contribution in [3.63, 3.8) is 0 Å². The molecular formula is C22H29FN4O2. The Morgan fingerprint density at radius 1 is 1.45 bits per heavy atom. The monoisotopic (exact) mass is 400 g/mol. The summed E-state index contributed by atoms with van der Waals surface area (Å²) in [6.07, 6.45) is 3.80. The van der Waals surface area contributed by atoms with Gasteiger partial charge >= 0.3 is 0 Å². The third-order valence-electron chi connectivity index (χ3n) is 5.37. The van der Waals surface area contributed by atoms with Crippen LogP contribution in [-0.2, 0) is 11.2 Å². The van der Waals surface area contributed by atoms with Crippen molar-refractivity contribution < 1.29 is 13.9 Å². The molecule has 0 unspecified atom stereocenters. The molecule has 1 N–H and O–H groups in total. The van der Waals surface area contributed by atoms with Gasteiger partial charge in [-0.3, -0.25) is 4.79 Å². The summed E-state index contributed by atoms with van der Waals surface area (Å²) in [5, 5.41) is 3.48. The largest absolute Gasteiger partial charge is 0.481 e. The van der Waals surface area contributed by atoms with Gasteiger partial charge in [0.05, 0.1) is 19.2 Å². The number of hydrogen-bond acceptors (Lipinski definition) is 5. The van der Waals surface area contributed by atoms with Crippen LogP contribution in [0.5, 0.6) is 5.88 Å². The maximum Gasteiger partial charge on any atom is 0.230 e. The van der Waals surface area contributed by atoms with Crippen LogP contribution in [0.25, 0.3) is 0 Å². The minimum atomic E-state index is -0.616. The molecule has 0 saturated heterocycles. The number of ether oxygens (including phenoxy) is 1. The van der Waals surface area contributed by atoms with Gasteiger partial charge < -0.3 is 15.0 Å². The number of aromatic nitrogens is 2. The second-order valence-corrected chi connectivity index (χ2v) is 7.59. The van der Waals surface area contributed by atoms with E-state index in [1.165, 1.54) is 18.7 Å². The predicted molar refractivity (Wildman–Crippen MR) is 111 cm³/mol. The molecule has 6 nitrogen and oxygen atoms in total. The number of pyridine rings is 2. The Hall–Kier alpha value is -2.70. The van der Waals surface area contributed by atoms with Gasteiger partial charge in [0.2, 0.25) is 11.8 Å². The van der Waals surface area contributed by atoms with Crippen molar-refractivity contribution in [2.45, 2.75) is 52.0 Å². The van der Waals surface area contributed by atoms with Crippen LogP contribution in [0.15, 0.2) is 24.4 Å².